The molecule has 0 unspecified atom stereocenters. The first-order chi connectivity index (χ1) is 21.0. The quantitative estimate of drug-likeness (QED) is 0.325. The van der Waals surface area contributed by atoms with Crippen LogP contribution in [0.4, 0.5) is 16.2 Å². The third-order valence-corrected chi connectivity index (χ3v) is 8.73. The van der Waals surface area contributed by atoms with Gasteiger partial charge < -0.3 is 25.0 Å². The van der Waals surface area contributed by atoms with Crippen LogP contribution in [0.1, 0.15) is 62.3 Å². The van der Waals surface area contributed by atoms with Crippen LogP contribution in [0.2, 0.25) is 0 Å². The predicted molar refractivity (Wildman–Crippen MR) is 175 cm³/mol. The maximum Gasteiger partial charge on any atom is 0.322 e. The zero-order valence-electron chi connectivity index (χ0n) is 25.0. The SMILES string of the molecule is CCCNC(=O)N(Cc1cncn1Cc1ccc(C#N)cc1)c1ccc(N2CCN(C(=S)NC3CCCCC3)CC2)cc1. The van der Waals surface area contributed by atoms with E-state index < -0.39 is 0 Å². The molecule has 10 heteroatoms. The molecule has 0 radical (unpaired) electrons. The van der Waals surface area contributed by atoms with Gasteiger partial charge in [0.15, 0.2) is 5.11 Å². The Morgan fingerprint density at radius 2 is 1.77 bits per heavy atom. The van der Waals surface area contributed by atoms with Gasteiger partial charge in [-0.1, -0.05) is 38.3 Å². The monoisotopic (exact) mass is 598 g/mol. The first kappa shape index (κ1) is 30.4. The van der Waals surface area contributed by atoms with Crippen molar-refractivity contribution in [3.63, 3.8) is 0 Å². The van der Waals surface area contributed by atoms with E-state index in [1.54, 1.807) is 11.2 Å². The number of rotatable bonds is 9. The van der Waals surface area contributed by atoms with E-state index in [-0.39, 0.29) is 6.03 Å². The van der Waals surface area contributed by atoms with Gasteiger partial charge in [0, 0.05) is 62.9 Å². The lowest BCUT2D eigenvalue weighted by molar-refractivity contribution is 0.246. The number of thiocarbonyl (C=S) groups is 1. The smallest absolute Gasteiger partial charge is 0.322 e. The molecule has 1 saturated carbocycles. The molecule has 2 heterocycles. The van der Waals surface area contributed by atoms with Crippen molar-refractivity contribution in [3.05, 3.63) is 77.9 Å². The number of hydrogen-bond donors (Lipinski definition) is 2. The van der Waals surface area contributed by atoms with Crippen molar-refractivity contribution in [2.24, 2.45) is 0 Å². The highest BCUT2D eigenvalue weighted by atomic mass is 32.1. The number of carbonyl (C=O) groups excluding carboxylic acids is 1. The highest BCUT2D eigenvalue weighted by Crippen LogP contribution is 2.24. The van der Waals surface area contributed by atoms with E-state index in [1.807, 2.05) is 54.1 Å². The van der Waals surface area contributed by atoms with Gasteiger partial charge in [-0.25, -0.2) is 9.78 Å². The zero-order valence-corrected chi connectivity index (χ0v) is 25.9. The lowest BCUT2D eigenvalue weighted by Crippen LogP contribution is -2.53. The topological polar surface area (TPSA) is 92.5 Å². The number of nitrogens with one attached hydrogen (secondary N) is 2. The molecule has 0 atom stereocenters. The fourth-order valence-corrected chi connectivity index (χ4v) is 6.15. The fraction of sp³-hybridized carbons (Fsp3) is 0.455. The molecule has 1 aliphatic heterocycles. The van der Waals surface area contributed by atoms with Gasteiger partial charge in [0.2, 0.25) is 0 Å². The third kappa shape index (κ3) is 8.05. The molecule has 0 spiro atoms. The van der Waals surface area contributed by atoms with E-state index in [0.29, 0.717) is 31.2 Å². The summed E-state index contributed by atoms with van der Waals surface area (Å²) in [5.74, 6) is 0. The Balaban J connectivity index is 1.23. The second-order valence-corrected chi connectivity index (χ2v) is 11.8. The van der Waals surface area contributed by atoms with Gasteiger partial charge in [-0.15, -0.1) is 0 Å². The lowest BCUT2D eigenvalue weighted by Gasteiger charge is -2.38. The van der Waals surface area contributed by atoms with Crippen molar-refractivity contribution < 1.29 is 4.79 Å². The molecule has 1 aliphatic carbocycles. The van der Waals surface area contributed by atoms with Gasteiger partial charge in [-0.3, -0.25) is 4.90 Å². The Morgan fingerprint density at radius 1 is 1.05 bits per heavy atom. The van der Waals surface area contributed by atoms with Crippen molar-refractivity contribution in [2.45, 2.75) is 64.6 Å². The Labute approximate surface area is 260 Å². The number of aromatic nitrogens is 2. The summed E-state index contributed by atoms with van der Waals surface area (Å²) in [4.78, 5) is 24.2. The highest BCUT2D eigenvalue weighted by molar-refractivity contribution is 7.80. The number of imidazole rings is 1. The third-order valence-electron chi connectivity index (χ3n) is 8.35. The number of urea groups is 1. The Morgan fingerprint density at radius 3 is 2.44 bits per heavy atom. The lowest BCUT2D eigenvalue weighted by atomic mass is 9.96. The number of nitrogens with zero attached hydrogens (tertiary/aromatic N) is 6. The van der Waals surface area contributed by atoms with Crippen LogP contribution in [0, 0.1) is 11.3 Å². The summed E-state index contributed by atoms with van der Waals surface area (Å²) >= 11 is 5.75. The molecule has 226 valence electrons. The summed E-state index contributed by atoms with van der Waals surface area (Å²) in [6, 6.07) is 18.4. The van der Waals surface area contributed by atoms with Gasteiger partial charge in [-0.2, -0.15) is 5.26 Å². The van der Waals surface area contributed by atoms with E-state index in [0.717, 1.165) is 60.3 Å². The molecule has 1 aromatic heterocycles. The molecule has 2 aliphatic rings. The van der Waals surface area contributed by atoms with E-state index in [1.165, 1.54) is 32.1 Å². The first-order valence-corrected chi connectivity index (χ1v) is 15.9. The average molecular weight is 599 g/mol. The molecule has 5 rings (SSSR count). The molecule has 43 heavy (non-hydrogen) atoms. The van der Waals surface area contributed by atoms with Crippen molar-refractivity contribution >= 4 is 34.7 Å². The largest absolute Gasteiger partial charge is 0.368 e. The van der Waals surface area contributed by atoms with Crippen molar-refractivity contribution in [2.75, 3.05) is 42.5 Å². The Hall–Kier alpha value is -4.10. The molecule has 9 nitrogen and oxygen atoms in total. The number of piperazine rings is 1. The zero-order chi connectivity index (χ0) is 30.0. The number of benzene rings is 2. The first-order valence-electron chi connectivity index (χ1n) is 15.5. The maximum absolute atomic E-state index is 13.3. The number of anilines is 2. The van der Waals surface area contributed by atoms with Gasteiger partial charge in [-0.05, 0) is 73.4 Å². The summed E-state index contributed by atoms with van der Waals surface area (Å²) < 4.78 is 2.04. The van der Waals surface area contributed by atoms with Crippen molar-refractivity contribution in [1.82, 2.24) is 25.1 Å². The van der Waals surface area contributed by atoms with Gasteiger partial charge in [0.1, 0.15) is 0 Å². The summed E-state index contributed by atoms with van der Waals surface area (Å²) in [5.41, 5.74) is 4.60. The summed E-state index contributed by atoms with van der Waals surface area (Å²) in [6.07, 6.45) is 10.8. The van der Waals surface area contributed by atoms with Crippen molar-refractivity contribution in [3.8, 4) is 6.07 Å². The normalized spacial score (nSPS) is 15.5. The Kier molecular flexibility index (Phi) is 10.5. The van der Waals surface area contributed by atoms with Gasteiger partial charge in [0.25, 0.3) is 0 Å². The minimum Gasteiger partial charge on any atom is -0.368 e. The molecular weight excluding hydrogens is 556 g/mol. The predicted octanol–water partition coefficient (Wildman–Crippen LogP) is 5.26. The van der Waals surface area contributed by atoms with Crippen LogP contribution in [-0.2, 0) is 13.1 Å². The average Bonchev–Trinajstić information content (AvgIpc) is 3.49. The van der Waals surface area contributed by atoms with Crippen LogP contribution in [-0.4, -0.2) is 64.4 Å². The minimum absolute atomic E-state index is 0.131. The van der Waals surface area contributed by atoms with Crippen LogP contribution in [0.3, 0.4) is 0 Å². The van der Waals surface area contributed by atoms with Crippen LogP contribution >= 0.6 is 12.2 Å². The molecule has 1 saturated heterocycles. The minimum atomic E-state index is -0.131. The fourth-order valence-electron chi connectivity index (χ4n) is 5.80. The van der Waals surface area contributed by atoms with Crippen LogP contribution < -0.4 is 20.4 Å². The van der Waals surface area contributed by atoms with Gasteiger partial charge >= 0.3 is 6.03 Å². The molecule has 2 amide bonds. The number of nitriles is 1. The van der Waals surface area contributed by atoms with E-state index in [4.69, 9.17) is 17.5 Å². The van der Waals surface area contributed by atoms with Gasteiger partial charge in [0.05, 0.1) is 30.2 Å². The standard InChI is InChI=1S/C33H42N8OS/c1-2-16-36-32(42)41(24-31-22-35-25-40(31)23-27-10-8-26(21-34)9-11-27)30-14-12-29(13-15-30)38-17-19-39(20-18-38)33(43)37-28-6-4-3-5-7-28/h8-15,22,25,28H,2-7,16-20,23-24H2,1H3,(H,36,42)(H,37,43). The maximum atomic E-state index is 13.3. The molecule has 3 aromatic rings. The van der Waals surface area contributed by atoms with E-state index in [9.17, 15) is 4.79 Å². The second kappa shape index (κ2) is 14.9. The molecule has 2 N–H and O–H groups in total. The summed E-state index contributed by atoms with van der Waals surface area (Å²) in [7, 11) is 0. The second-order valence-electron chi connectivity index (χ2n) is 11.4. The number of hydrogen-bond acceptors (Lipinski definition) is 5. The molecule has 0 bridgehead atoms. The van der Waals surface area contributed by atoms with Crippen molar-refractivity contribution in [1.29, 1.82) is 5.26 Å². The number of carbonyl (C=O) groups is 1. The van der Waals surface area contributed by atoms with E-state index >= 15 is 0 Å². The Bertz CT molecular complexity index is 1380. The molecule has 2 aromatic carbocycles. The summed E-state index contributed by atoms with van der Waals surface area (Å²) in [5, 5.41) is 16.6. The highest BCUT2D eigenvalue weighted by Gasteiger charge is 2.23. The molecule has 2 fully saturated rings. The van der Waals surface area contributed by atoms with E-state index in [2.05, 4.69) is 43.6 Å². The molecular formula is C33H42N8OS. The van der Waals surface area contributed by atoms with Crippen LogP contribution in [0.25, 0.3) is 0 Å². The van der Waals surface area contributed by atoms with Crippen LogP contribution in [0.5, 0.6) is 0 Å². The summed E-state index contributed by atoms with van der Waals surface area (Å²) in [6.45, 7) is 7.25. The van der Waals surface area contributed by atoms with Crippen LogP contribution in [0.15, 0.2) is 61.1 Å². The number of amides is 2.